The van der Waals surface area contributed by atoms with Crippen LogP contribution in [0.15, 0.2) is 24.4 Å². The predicted octanol–water partition coefficient (Wildman–Crippen LogP) is 2.14. The molecule has 0 radical (unpaired) electrons. The van der Waals surface area contributed by atoms with Crippen molar-refractivity contribution in [1.29, 1.82) is 5.26 Å². The fraction of sp³-hybridized carbons (Fsp3) is 0.0909. The van der Waals surface area contributed by atoms with E-state index in [2.05, 4.69) is 25.9 Å². The molecular formula is C11H9ClN6. The van der Waals surface area contributed by atoms with Crippen LogP contribution in [0.3, 0.4) is 0 Å². The molecule has 18 heavy (non-hydrogen) atoms. The van der Waals surface area contributed by atoms with E-state index in [-0.39, 0.29) is 11.4 Å². The second-order valence-electron chi connectivity index (χ2n) is 3.49. The quantitative estimate of drug-likeness (QED) is 0.825. The first-order valence-corrected chi connectivity index (χ1v) is 5.46. The molecule has 6 nitrogen and oxygen atoms in total. The lowest BCUT2D eigenvalue weighted by Gasteiger charge is -2.06. The minimum Gasteiger partial charge on any atom is -0.359 e. The number of hydrogen-bond donors (Lipinski definition) is 2. The molecular weight excluding hydrogens is 252 g/mol. The lowest BCUT2D eigenvalue weighted by Crippen LogP contribution is -1.94. The molecule has 90 valence electrons. The van der Waals surface area contributed by atoms with E-state index in [1.165, 1.54) is 6.20 Å². The van der Waals surface area contributed by atoms with E-state index >= 15 is 0 Å². The topological polar surface area (TPSA) is 90.3 Å². The Morgan fingerprint density at radius 1 is 1.56 bits per heavy atom. The molecule has 0 bridgehead atoms. The molecule has 0 aliphatic heterocycles. The smallest absolute Gasteiger partial charge is 0.216 e. The Kier molecular flexibility index (Phi) is 3.55. The van der Waals surface area contributed by atoms with Gasteiger partial charge in [0.15, 0.2) is 0 Å². The van der Waals surface area contributed by atoms with Gasteiger partial charge in [-0.25, -0.2) is 0 Å². The Hall–Kier alpha value is -2.39. The van der Waals surface area contributed by atoms with Gasteiger partial charge in [-0.2, -0.15) is 10.5 Å². The monoisotopic (exact) mass is 260 g/mol. The number of rotatable bonds is 3. The third-order valence-electron chi connectivity index (χ3n) is 2.27. The zero-order valence-electron chi connectivity index (χ0n) is 9.48. The molecule has 2 aromatic rings. The fourth-order valence-electron chi connectivity index (χ4n) is 1.33. The normalized spacial score (nSPS) is 11.1. The Bertz CT molecular complexity index is 611. The first-order chi connectivity index (χ1) is 8.72. The van der Waals surface area contributed by atoms with Crippen LogP contribution in [0.5, 0.6) is 0 Å². The summed E-state index contributed by atoms with van der Waals surface area (Å²) in [5.74, 6) is 0.230. The number of hydrogen-bond acceptors (Lipinski definition) is 5. The van der Waals surface area contributed by atoms with Crippen LogP contribution < -0.4 is 5.32 Å². The van der Waals surface area contributed by atoms with E-state index in [0.717, 1.165) is 5.56 Å². The minimum atomic E-state index is 0.230. The summed E-state index contributed by atoms with van der Waals surface area (Å²) >= 11 is 6.12. The van der Waals surface area contributed by atoms with Crippen LogP contribution in [0, 0.1) is 18.3 Å². The molecule has 7 heteroatoms. The third kappa shape index (κ3) is 2.47. The molecule has 0 atom stereocenters. The van der Waals surface area contributed by atoms with Crippen molar-refractivity contribution in [2.24, 2.45) is 0 Å². The molecule has 1 aromatic heterocycles. The van der Waals surface area contributed by atoms with Gasteiger partial charge in [0.25, 0.3) is 0 Å². The number of tetrazole rings is 1. The first kappa shape index (κ1) is 12.1. The van der Waals surface area contributed by atoms with Crippen molar-refractivity contribution in [1.82, 2.24) is 20.6 Å². The SMILES string of the molecule is Cc1cccc(NC=C(C#N)c2nn[nH]n2)c1Cl. The number of nitrogens with one attached hydrogen (secondary N) is 2. The lowest BCUT2D eigenvalue weighted by molar-refractivity contribution is 0.881. The van der Waals surface area contributed by atoms with Crippen molar-refractivity contribution in [2.75, 3.05) is 5.32 Å². The summed E-state index contributed by atoms with van der Waals surface area (Å²) in [6.07, 6.45) is 1.49. The van der Waals surface area contributed by atoms with Crippen molar-refractivity contribution >= 4 is 22.9 Å². The van der Waals surface area contributed by atoms with E-state index in [0.29, 0.717) is 10.7 Å². The van der Waals surface area contributed by atoms with Crippen molar-refractivity contribution in [3.63, 3.8) is 0 Å². The van der Waals surface area contributed by atoms with Gasteiger partial charge in [-0.1, -0.05) is 23.7 Å². The summed E-state index contributed by atoms with van der Waals surface area (Å²) in [5, 5.41) is 25.7. The van der Waals surface area contributed by atoms with Crippen LogP contribution >= 0.6 is 11.6 Å². The van der Waals surface area contributed by atoms with Crippen LogP contribution in [-0.2, 0) is 0 Å². The van der Waals surface area contributed by atoms with Gasteiger partial charge in [0.2, 0.25) is 5.82 Å². The largest absolute Gasteiger partial charge is 0.359 e. The summed E-state index contributed by atoms with van der Waals surface area (Å²) in [7, 11) is 0. The maximum absolute atomic E-state index is 8.99. The summed E-state index contributed by atoms with van der Waals surface area (Å²) < 4.78 is 0. The summed E-state index contributed by atoms with van der Waals surface area (Å²) in [5.41, 5.74) is 1.93. The van der Waals surface area contributed by atoms with Crippen LogP contribution in [0.4, 0.5) is 5.69 Å². The van der Waals surface area contributed by atoms with Gasteiger partial charge in [-0.15, -0.1) is 10.2 Å². The van der Waals surface area contributed by atoms with Crippen LogP contribution in [-0.4, -0.2) is 20.6 Å². The number of nitrogens with zero attached hydrogens (tertiary/aromatic N) is 4. The number of nitriles is 1. The number of aromatic amines is 1. The van der Waals surface area contributed by atoms with Gasteiger partial charge < -0.3 is 5.32 Å². The minimum absolute atomic E-state index is 0.230. The molecule has 0 saturated heterocycles. The van der Waals surface area contributed by atoms with Crippen LogP contribution in [0.1, 0.15) is 11.4 Å². The van der Waals surface area contributed by atoms with Gasteiger partial charge >= 0.3 is 0 Å². The average molecular weight is 261 g/mol. The van der Waals surface area contributed by atoms with E-state index in [4.69, 9.17) is 16.9 Å². The predicted molar refractivity (Wildman–Crippen MR) is 67.6 cm³/mol. The zero-order valence-corrected chi connectivity index (χ0v) is 10.2. The van der Waals surface area contributed by atoms with Gasteiger partial charge in [0.1, 0.15) is 11.6 Å². The standard InChI is InChI=1S/C11H9ClN6/c1-7-3-2-4-9(10(7)12)14-6-8(5-13)11-15-17-18-16-11/h2-4,6,14H,1H3,(H,15,16,17,18). The van der Waals surface area contributed by atoms with E-state index in [1.54, 1.807) is 0 Å². The maximum atomic E-state index is 8.99. The number of benzene rings is 1. The molecule has 2 N–H and O–H groups in total. The number of allylic oxidation sites excluding steroid dienone is 1. The third-order valence-corrected chi connectivity index (χ3v) is 2.77. The van der Waals surface area contributed by atoms with Gasteiger partial charge in [0, 0.05) is 6.20 Å². The molecule has 1 heterocycles. The summed E-state index contributed by atoms with van der Waals surface area (Å²) in [6, 6.07) is 7.57. The van der Waals surface area contributed by atoms with Gasteiger partial charge in [-0.05, 0) is 23.8 Å². The number of anilines is 1. The second-order valence-corrected chi connectivity index (χ2v) is 3.86. The highest BCUT2D eigenvalue weighted by Gasteiger charge is 2.06. The lowest BCUT2D eigenvalue weighted by atomic mass is 10.2. The van der Waals surface area contributed by atoms with Crippen molar-refractivity contribution < 1.29 is 0 Å². The highest BCUT2D eigenvalue weighted by atomic mass is 35.5. The average Bonchev–Trinajstić information content (AvgIpc) is 2.89. The van der Waals surface area contributed by atoms with E-state index in [1.807, 2.05) is 31.2 Å². The maximum Gasteiger partial charge on any atom is 0.216 e. The Morgan fingerprint density at radius 2 is 2.39 bits per heavy atom. The van der Waals surface area contributed by atoms with Crippen LogP contribution in [0.2, 0.25) is 5.02 Å². The zero-order chi connectivity index (χ0) is 13.0. The molecule has 0 fully saturated rings. The molecule has 0 spiro atoms. The second kappa shape index (κ2) is 5.29. The highest BCUT2D eigenvalue weighted by molar-refractivity contribution is 6.34. The molecule has 0 unspecified atom stereocenters. The summed E-state index contributed by atoms with van der Waals surface area (Å²) in [6.45, 7) is 1.90. The number of halogens is 1. The van der Waals surface area contributed by atoms with E-state index in [9.17, 15) is 0 Å². The van der Waals surface area contributed by atoms with Crippen molar-refractivity contribution in [3.8, 4) is 6.07 Å². The molecule has 0 aliphatic rings. The molecule has 2 rings (SSSR count). The Balaban J connectivity index is 2.25. The first-order valence-electron chi connectivity index (χ1n) is 5.08. The molecule has 1 aromatic carbocycles. The number of aryl methyl sites for hydroxylation is 1. The Labute approximate surface area is 108 Å². The van der Waals surface area contributed by atoms with Crippen LogP contribution in [0.25, 0.3) is 5.57 Å². The molecule has 0 amide bonds. The van der Waals surface area contributed by atoms with Gasteiger partial charge in [0.05, 0.1) is 10.7 Å². The molecule has 0 aliphatic carbocycles. The van der Waals surface area contributed by atoms with Crippen molar-refractivity contribution in [2.45, 2.75) is 6.92 Å². The Morgan fingerprint density at radius 3 is 3.06 bits per heavy atom. The molecule has 0 saturated carbocycles. The summed E-state index contributed by atoms with van der Waals surface area (Å²) in [4.78, 5) is 0. The fourth-order valence-corrected chi connectivity index (χ4v) is 1.51. The van der Waals surface area contributed by atoms with Gasteiger partial charge in [-0.3, -0.25) is 0 Å². The van der Waals surface area contributed by atoms with Crippen molar-refractivity contribution in [3.05, 3.63) is 40.8 Å². The number of aromatic nitrogens is 4. The number of H-pyrrole nitrogens is 1. The van der Waals surface area contributed by atoms with E-state index < -0.39 is 0 Å². The highest BCUT2D eigenvalue weighted by Crippen LogP contribution is 2.25.